The first-order valence-electron chi connectivity index (χ1n) is 8.40. The molecule has 0 aromatic carbocycles. The van der Waals surface area contributed by atoms with E-state index in [0.717, 1.165) is 16.3 Å². The van der Waals surface area contributed by atoms with Crippen LogP contribution in [0.2, 0.25) is 0 Å². The molecule has 5 rings (SSSR count). The maximum atomic E-state index is 12.6. The minimum absolute atomic E-state index is 0.0983. The highest BCUT2D eigenvalue weighted by molar-refractivity contribution is 7.13. The van der Waals surface area contributed by atoms with E-state index in [1.165, 1.54) is 6.33 Å². The summed E-state index contributed by atoms with van der Waals surface area (Å²) in [6, 6.07) is 7.55. The number of aromatic amines is 1. The van der Waals surface area contributed by atoms with Gasteiger partial charge in [-0.25, -0.2) is 4.98 Å². The van der Waals surface area contributed by atoms with Crippen molar-refractivity contribution in [1.29, 1.82) is 0 Å². The number of amides is 1. The van der Waals surface area contributed by atoms with E-state index < -0.39 is 0 Å². The van der Waals surface area contributed by atoms with E-state index in [0.29, 0.717) is 30.4 Å². The van der Waals surface area contributed by atoms with Crippen LogP contribution in [0.3, 0.4) is 0 Å². The summed E-state index contributed by atoms with van der Waals surface area (Å²) in [5.74, 6) is 0.965. The van der Waals surface area contributed by atoms with Crippen molar-refractivity contribution >= 4 is 23.0 Å². The topological polar surface area (TPSA) is 101 Å². The zero-order chi connectivity index (χ0) is 18.4. The number of fused-ring (bicyclic) bond motifs is 1. The lowest BCUT2D eigenvalue weighted by Gasteiger charge is -2.38. The first-order chi connectivity index (χ1) is 13.2. The van der Waals surface area contributed by atoms with Crippen molar-refractivity contribution in [2.24, 2.45) is 0 Å². The van der Waals surface area contributed by atoms with Crippen molar-refractivity contribution in [1.82, 2.24) is 34.7 Å². The van der Waals surface area contributed by atoms with E-state index >= 15 is 0 Å². The molecule has 0 unspecified atom stereocenters. The van der Waals surface area contributed by atoms with Crippen molar-refractivity contribution in [2.75, 3.05) is 13.1 Å². The zero-order valence-corrected chi connectivity index (χ0v) is 15.2. The number of H-pyrrole nitrogens is 1. The summed E-state index contributed by atoms with van der Waals surface area (Å²) in [6.45, 7) is 2.87. The van der Waals surface area contributed by atoms with Crippen LogP contribution in [0.1, 0.15) is 16.2 Å². The van der Waals surface area contributed by atoms with Crippen molar-refractivity contribution in [3.05, 3.63) is 47.4 Å². The van der Waals surface area contributed by atoms with Gasteiger partial charge < -0.3 is 9.64 Å². The fourth-order valence-corrected chi connectivity index (χ4v) is 3.67. The zero-order valence-electron chi connectivity index (χ0n) is 14.4. The van der Waals surface area contributed by atoms with Gasteiger partial charge in [-0.2, -0.15) is 19.7 Å². The van der Waals surface area contributed by atoms with Crippen molar-refractivity contribution in [3.8, 4) is 16.5 Å². The monoisotopic (exact) mass is 381 g/mol. The van der Waals surface area contributed by atoms with Crippen molar-refractivity contribution in [3.63, 3.8) is 0 Å². The summed E-state index contributed by atoms with van der Waals surface area (Å²) < 4.78 is 7.54. The summed E-state index contributed by atoms with van der Waals surface area (Å²) in [7, 11) is 0. The molecule has 4 aromatic heterocycles. The molecule has 27 heavy (non-hydrogen) atoms. The van der Waals surface area contributed by atoms with Crippen LogP contribution in [0.4, 0.5) is 0 Å². The Hall–Kier alpha value is -3.27. The van der Waals surface area contributed by atoms with Crippen LogP contribution >= 0.6 is 11.3 Å². The van der Waals surface area contributed by atoms with Crippen LogP contribution in [0, 0.1) is 6.92 Å². The summed E-state index contributed by atoms with van der Waals surface area (Å²) in [5, 5.41) is 13.2. The number of aryl methyl sites for hydroxylation is 1. The second kappa shape index (κ2) is 6.16. The van der Waals surface area contributed by atoms with Gasteiger partial charge in [0.1, 0.15) is 12.4 Å². The molecule has 0 aliphatic carbocycles. The fourth-order valence-electron chi connectivity index (χ4n) is 2.98. The molecule has 0 saturated carbocycles. The first kappa shape index (κ1) is 15.9. The van der Waals surface area contributed by atoms with E-state index in [2.05, 4.69) is 25.3 Å². The van der Waals surface area contributed by atoms with E-state index in [4.69, 9.17) is 4.74 Å². The lowest BCUT2D eigenvalue weighted by Crippen LogP contribution is -2.56. The Labute approximate surface area is 157 Å². The molecule has 1 aliphatic heterocycles. The Morgan fingerprint density at radius 3 is 3.07 bits per heavy atom. The van der Waals surface area contributed by atoms with Gasteiger partial charge in [-0.15, -0.1) is 11.3 Å². The second-order valence-electron chi connectivity index (χ2n) is 6.30. The largest absolute Gasteiger partial charge is 0.470 e. The van der Waals surface area contributed by atoms with E-state index in [9.17, 15) is 4.79 Å². The molecule has 1 saturated heterocycles. The number of hydrogen-bond acceptors (Lipinski definition) is 7. The molecule has 0 bridgehead atoms. The third-order valence-electron chi connectivity index (χ3n) is 4.35. The molecular weight excluding hydrogens is 366 g/mol. The number of nitrogens with zero attached hydrogens (tertiary/aromatic N) is 6. The van der Waals surface area contributed by atoms with Gasteiger partial charge in [0.25, 0.3) is 11.7 Å². The highest BCUT2D eigenvalue weighted by Crippen LogP contribution is 2.25. The minimum Gasteiger partial charge on any atom is -0.470 e. The van der Waals surface area contributed by atoms with Crippen LogP contribution in [0.15, 0.2) is 36.0 Å². The lowest BCUT2D eigenvalue weighted by molar-refractivity contribution is 0.0146. The van der Waals surface area contributed by atoms with Gasteiger partial charge in [0.15, 0.2) is 5.69 Å². The molecule has 1 aliphatic rings. The molecule has 1 N–H and O–H groups in total. The quantitative estimate of drug-likeness (QED) is 0.578. The molecule has 136 valence electrons. The third kappa shape index (κ3) is 2.83. The standard InChI is InChI=1S/C17H15N7O2S/c1-10-5-15(24-17(20-10)18-9-19-24)26-11-7-23(8-11)16(25)13-6-12(21-22-13)14-3-2-4-27-14/h2-6,9,11H,7-8H2,1H3,(H,21,22). The number of nitrogens with one attached hydrogen (secondary N) is 1. The van der Waals surface area contributed by atoms with Crippen LogP contribution < -0.4 is 4.74 Å². The average molecular weight is 381 g/mol. The van der Waals surface area contributed by atoms with Gasteiger partial charge in [0, 0.05) is 11.8 Å². The van der Waals surface area contributed by atoms with Gasteiger partial charge in [0.2, 0.25) is 5.88 Å². The molecule has 10 heteroatoms. The number of hydrogen-bond donors (Lipinski definition) is 1. The third-order valence-corrected chi connectivity index (χ3v) is 5.26. The number of carbonyl (C=O) groups excluding carboxylic acids is 1. The second-order valence-corrected chi connectivity index (χ2v) is 7.25. The molecule has 4 aromatic rings. The number of carbonyl (C=O) groups is 1. The van der Waals surface area contributed by atoms with Crippen molar-refractivity contribution in [2.45, 2.75) is 13.0 Å². The molecule has 9 nitrogen and oxygen atoms in total. The number of likely N-dealkylation sites (tertiary alicyclic amines) is 1. The Bertz CT molecular complexity index is 1110. The summed E-state index contributed by atoms with van der Waals surface area (Å²) in [5.41, 5.74) is 2.06. The maximum Gasteiger partial charge on any atom is 0.274 e. The van der Waals surface area contributed by atoms with Crippen LogP contribution in [0.25, 0.3) is 16.3 Å². The number of ether oxygens (including phenoxy) is 1. The summed E-state index contributed by atoms with van der Waals surface area (Å²) in [6.07, 6.45) is 1.34. The highest BCUT2D eigenvalue weighted by Gasteiger charge is 2.34. The Morgan fingerprint density at radius 2 is 2.26 bits per heavy atom. The van der Waals surface area contributed by atoms with Crippen LogP contribution in [0.5, 0.6) is 5.88 Å². The number of thiophene rings is 1. The normalized spacial score (nSPS) is 14.5. The highest BCUT2D eigenvalue weighted by atomic mass is 32.1. The molecule has 1 amide bonds. The van der Waals surface area contributed by atoms with Gasteiger partial charge in [-0.1, -0.05) is 6.07 Å². The predicted octanol–water partition coefficient (Wildman–Crippen LogP) is 1.79. The lowest BCUT2D eigenvalue weighted by atomic mass is 10.1. The Kier molecular flexibility index (Phi) is 3.64. The van der Waals surface area contributed by atoms with E-state index in [1.54, 1.807) is 26.8 Å². The molecular formula is C17H15N7O2S. The van der Waals surface area contributed by atoms with Gasteiger partial charge in [-0.3, -0.25) is 9.89 Å². The first-order valence-corrected chi connectivity index (χ1v) is 9.28. The number of aromatic nitrogens is 6. The Morgan fingerprint density at radius 1 is 1.37 bits per heavy atom. The number of rotatable bonds is 4. The average Bonchev–Trinajstić information content (AvgIpc) is 3.37. The molecule has 0 spiro atoms. The van der Waals surface area contributed by atoms with Gasteiger partial charge >= 0.3 is 0 Å². The Balaban J connectivity index is 1.25. The molecule has 0 atom stereocenters. The van der Waals surface area contributed by atoms with Crippen molar-refractivity contribution < 1.29 is 9.53 Å². The summed E-state index contributed by atoms with van der Waals surface area (Å²) >= 11 is 1.60. The van der Waals surface area contributed by atoms with E-state index in [1.807, 2.05) is 30.5 Å². The van der Waals surface area contributed by atoms with E-state index in [-0.39, 0.29) is 12.0 Å². The molecule has 1 fully saturated rings. The molecule has 5 heterocycles. The summed E-state index contributed by atoms with van der Waals surface area (Å²) in [4.78, 5) is 23.7. The van der Waals surface area contributed by atoms with Gasteiger partial charge in [0.05, 0.1) is 23.7 Å². The van der Waals surface area contributed by atoms with Gasteiger partial charge in [-0.05, 0) is 24.4 Å². The molecule has 0 radical (unpaired) electrons. The van der Waals surface area contributed by atoms with Crippen LogP contribution in [-0.2, 0) is 0 Å². The minimum atomic E-state index is -0.106. The van der Waals surface area contributed by atoms with Crippen LogP contribution in [-0.4, -0.2) is 59.8 Å². The SMILES string of the molecule is Cc1cc(OC2CN(C(=O)c3cc(-c4cccs4)[nH]n3)C2)n2ncnc2n1. The fraction of sp³-hybridized carbons (Fsp3) is 0.235. The predicted molar refractivity (Wildman–Crippen MR) is 97.7 cm³/mol. The maximum absolute atomic E-state index is 12.6. The smallest absolute Gasteiger partial charge is 0.274 e.